The number of carboxylic acid groups (broad SMARTS) is 2. The first kappa shape index (κ1) is 28.6. The van der Waals surface area contributed by atoms with E-state index in [4.69, 9.17) is 4.74 Å². The Labute approximate surface area is 223 Å². The molecule has 39 heavy (non-hydrogen) atoms. The number of ether oxygens (including phenoxy) is 1. The SMILES string of the molecule is CC(=O)N(C)c1cccc(C[C@H](NC(=O)OC(C)(C)C)C(=O)Nc2ccc3c(c2)nc(C(=O)O)n3C(=O)O)c1. The van der Waals surface area contributed by atoms with Crippen molar-refractivity contribution >= 4 is 52.4 Å². The number of amides is 3. The van der Waals surface area contributed by atoms with Gasteiger partial charge in [0.05, 0.1) is 11.0 Å². The predicted molar refractivity (Wildman–Crippen MR) is 141 cm³/mol. The summed E-state index contributed by atoms with van der Waals surface area (Å²) < 4.78 is 5.84. The van der Waals surface area contributed by atoms with Gasteiger partial charge in [-0.25, -0.2) is 23.9 Å². The normalized spacial score (nSPS) is 11.9. The first-order valence-corrected chi connectivity index (χ1v) is 11.8. The minimum absolute atomic E-state index is 0.0211. The summed E-state index contributed by atoms with van der Waals surface area (Å²) in [7, 11) is 1.61. The summed E-state index contributed by atoms with van der Waals surface area (Å²) in [5.74, 6) is -3.03. The molecule has 206 valence electrons. The molecular formula is C26H29N5O8. The minimum atomic E-state index is -1.53. The predicted octanol–water partition coefficient (Wildman–Crippen LogP) is 3.32. The molecule has 3 aromatic rings. The first-order chi connectivity index (χ1) is 18.2. The van der Waals surface area contributed by atoms with Crippen LogP contribution in [0.4, 0.5) is 21.0 Å². The van der Waals surface area contributed by atoms with Crippen LogP contribution in [0, 0.1) is 0 Å². The highest BCUT2D eigenvalue weighted by Gasteiger charge is 2.26. The molecule has 0 aliphatic heterocycles. The number of hydrogen-bond donors (Lipinski definition) is 4. The fraction of sp³-hybridized carbons (Fsp3) is 0.308. The number of imidazole rings is 1. The topological polar surface area (TPSA) is 180 Å². The van der Waals surface area contributed by atoms with Crippen LogP contribution in [0.3, 0.4) is 0 Å². The number of anilines is 2. The molecule has 13 nitrogen and oxygen atoms in total. The number of benzene rings is 2. The third-order valence-corrected chi connectivity index (χ3v) is 5.52. The molecule has 0 radical (unpaired) electrons. The van der Waals surface area contributed by atoms with Crippen molar-refractivity contribution in [2.45, 2.75) is 45.8 Å². The standard InChI is InChI=1S/C26H29N5O8/c1-14(32)30(5)17-8-6-7-15(11-17)12-19(29-24(36)39-26(2,3)4)22(33)27-16-9-10-20-18(13-16)28-21(23(34)35)31(20)25(37)38/h6-11,13,19H,12H2,1-5H3,(H,27,33)(H,29,36)(H,34,35)(H,37,38)/t19-/m0/s1. The third kappa shape index (κ3) is 7.09. The number of nitrogens with one attached hydrogen (secondary N) is 2. The lowest BCUT2D eigenvalue weighted by molar-refractivity contribution is -0.118. The molecule has 0 bridgehead atoms. The Bertz CT molecular complexity index is 1460. The van der Waals surface area contributed by atoms with Crippen molar-refractivity contribution in [1.29, 1.82) is 0 Å². The van der Waals surface area contributed by atoms with Crippen LogP contribution >= 0.6 is 0 Å². The molecular weight excluding hydrogens is 510 g/mol. The maximum Gasteiger partial charge on any atom is 0.417 e. The number of aromatic carboxylic acids is 1. The summed E-state index contributed by atoms with van der Waals surface area (Å²) in [4.78, 5) is 65.9. The molecule has 3 amide bonds. The van der Waals surface area contributed by atoms with Crippen molar-refractivity contribution in [3.05, 3.63) is 53.9 Å². The molecule has 0 spiro atoms. The summed E-state index contributed by atoms with van der Waals surface area (Å²) in [6, 6.07) is 9.84. The van der Waals surface area contributed by atoms with Gasteiger partial charge in [-0.2, -0.15) is 0 Å². The van der Waals surface area contributed by atoms with E-state index >= 15 is 0 Å². The molecule has 2 aromatic carbocycles. The lowest BCUT2D eigenvalue weighted by Gasteiger charge is -2.24. The Balaban J connectivity index is 1.91. The maximum absolute atomic E-state index is 13.3. The number of nitrogens with zero attached hydrogens (tertiary/aromatic N) is 3. The summed E-state index contributed by atoms with van der Waals surface area (Å²) >= 11 is 0. The van der Waals surface area contributed by atoms with E-state index < -0.39 is 41.5 Å². The number of carbonyl (C=O) groups excluding carboxylic acids is 3. The first-order valence-electron chi connectivity index (χ1n) is 11.8. The van der Waals surface area contributed by atoms with Crippen LogP contribution in [-0.4, -0.2) is 68.4 Å². The Hall–Kier alpha value is -4.94. The summed E-state index contributed by atoms with van der Waals surface area (Å²) in [5.41, 5.74) is 0.687. The van der Waals surface area contributed by atoms with Crippen molar-refractivity contribution in [2.75, 3.05) is 17.3 Å². The van der Waals surface area contributed by atoms with Crippen LogP contribution < -0.4 is 15.5 Å². The van der Waals surface area contributed by atoms with Crippen molar-refractivity contribution in [1.82, 2.24) is 14.9 Å². The number of rotatable bonds is 7. The highest BCUT2D eigenvalue weighted by molar-refractivity contribution is 6.00. The van der Waals surface area contributed by atoms with Crippen LogP contribution in [0.2, 0.25) is 0 Å². The molecule has 1 atom stereocenters. The molecule has 1 aromatic heterocycles. The van der Waals surface area contributed by atoms with Crippen molar-refractivity contribution < 1.29 is 38.9 Å². The molecule has 0 aliphatic carbocycles. The van der Waals surface area contributed by atoms with Gasteiger partial charge in [-0.3, -0.25) is 9.59 Å². The molecule has 4 N–H and O–H groups in total. The highest BCUT2D eigenvalue weighted by Crippen LogP contribution is 2.22. The van der Waals surface area contributed by atoms with Crippen molar-refractivity contribution in [3.8, 4) is 0 Å². The van der Waals surface area contributed by atoms with Gasteiger partial charge in [0, 0.05) is 31.8 Å². The molecule has 0 aliphatic rings. The van der Waals surface area contributed by atoms with E-state index in [0.29, 0.717) is 15.8 Å². The number of carboxylic acids is 1. The number of alkyl carbamates (subject to hydrolysis) is 1. The van der Waals surface area contributed by atoms with Gasteiger partial charge < -0.3 is 30.5 Å². The van der Waals surface area contributed by atoms with E-state index in [-0.39, 0.29) is 29.0 Å². The second kappa shape index (κ2) is 11.2. The monoisotopic (exact) mass is 539 g/mol. The lowest BCUT2D eigenvalue weighted by Crippen LogP contribution is -2.47. The van der Waals surface area contributed by atoms with Gasteiger partial charge in [-0.15, -0.1) is 0 Å². The summed E-state index contributed by atoms with van der Waals surface area (Å²) in [5, 5.41) is 23.9. The van der Waals surface area contributed by atoms with Gasteiger partial charge in [0.25, 0.3) is 0 Å². The number of fused-ring (bicyclic) bond motifs is 1. The minimum Gasteiger partial charge on any atom is -0.475 e. The second-order valence-electron chi connectivity index (χ2n) is 9.70. The number of carbonyl (C=O) groups is 5. The van der Waals surface area contributed by atoms with Gasteiger partial charge in [-0.05, 0) is 56.7 Å². The number of aromatic nitrogens is 2. The quantitative estimate of drug-likeness (QED) is 0.350. The third-order valence-electron chi connectivity index (χ3n) is 5.52. The average Bonchev–Trinajstić information content (AvgIpc) is 3.21. The molecule has 0 fully saturated rings. The molecule has 13 heteroatoms. The zero-order valence-corrected chi connectivity index (χ0v) is 22.0. The number of hydrogen-bond acceptors (Lipinski definition) is 7. The Morgan fingerprint density at radius 3 is 2.36 bits per heavy atom. The van der Waals surface area contributed by atoms with Gasteiger partial charge in [-0.1, -0.05) is 12.1 Å². The fourth-order valence-corrected chi connectivity index (χ4v) is 3.69. The van der Waals surface area contributed by atoms with Crippen LogP contribution in [0.15, 0.2) is 42.5 Å². The van der Waals surface area contributed by atoms with Gasteiger partial charge in [0.2, 0.25) is 17.6 Å². The lowest BCUT2D eigenvalue weighted by atomic mass is 10.0. The van der Waals surface area contributed by atoms with Gasteiger partial charge in [0.15, 0.2) is 0 Å². The molecule has 0 unspecified atom stereocenters. The molecule has 1 heterocycles. The zero-order chi connectivity index (χ0) is 29.1. The smallest absolute Gasteiger partial charge is 0.417 e. The zero-order valence-electron chi connectivity index (χ0n) is 22.0. The second-order valence-corrected chi connectivity index (χ2v) is 9.70. The maximum atomic E-state index is 13.3. The Morgan fingerprint density at radius 1 is 1.08 bits per heavy atom. The Kier molecular flexibility index (Phi) is 8.23. The van der Waals surface area contributed by atoms with E-state index in [1.807, 2.05) is 0 Å². The van der Waals surface area contributed by atoms with E-state index in [9.17, 15) is 34.2 Å². The van der Waals surface area contributed by atoms with Crippen LogP contribution in [-0.2, 0) is 20.7 Å². The molecule has 0 saturated heterocycles. The average molecular weight is 540 g/mol. The van der Waals surface area contributed by atoms with E-state index in [0.717, 1.165) is 0 Å². The summed E-state index contributed by atoms with van der Waals surface area (Å²) in [6.45, 7) is 6.46. The van der Waals surface area contributed by atoms with Crippen molar-refractivity contribution in [2.24, 2.45) is 0 Å². The largest absolute Gasteiger partial charge is 0.475 e. The van der Waals surface area contributed by atoms with Crippen molar-refractivity contribution in [3.63, 3.8) is 0 Å². The van der Waals surface area contributed by atoms with E-state index in [2.05, 4.69) is 15.6 Å². The van der Waals surface area contributed by atoms with Crippen LogP contribution in [0.25, 0.3) is 11.0 Å². The van der Waals surface area contributed by atoms with E-state index in [1.165, 1.54) is 30.0 Å². The van der Waals surface area contributed by atoms with E-state index in [1.54, 1.807) is 52.1 Å². The molecule has 3 rings (SSSR count). The highest BCUT2D eigenvalue weighted by atomic mass is 16.6. The summed E-state index contributed by atoms with van der Waals surface area (Å²) in [6.07, 6.45) is -2.30. The van der Waals surface area contributed by atoms with Gasteiger partial charge in [0.1, 0.15) is 11.6 Å². The van der Waals surface area contributed by atoms with Crippen LogP contribution in [0.1, 0.15) is 43.9 Å². The van der Waals surface area contributed by atoms with Crippen LogP contribution in [0.5, 0.6) is 0 Å². The molecule has 0 saturated carbocycles. The van der Waals surface area contributed by atoms with Gasteiger partial charge >= 0.3 is 18.2 Å². The Morgan fingerprint density at radius 2 is 1.77 bits per heavy atom. The fourth-order valence-electron chi connectivity index (χ4n) is 3.69.